The predicted octanol–water partition coefficient (Wildman–Crippen LogP) is 3.83. The number of thiazole rings is 1. The van der Waals surface area contributed by atoms with Crippen LogP contribution in [0.4, 0.5) is 0 Å². The summed E-state index contributed by atoms with van der Waals surface area (Å²) < 4.78 is 27.6. The summed E-state index contributed by atoms with van der Waals surface area (Å²) in [6.07, 6.45) is 0.814. The van der Waals surface area contributed by atoms with E-state index in [1.165, 1.54) is 5.56 Å². The van der Waals surface area contributed by atoms with Crippen molar-refractivity contribution in [2.45, 2.75) is 31.7 Å². The maximum Gasteiger partial charge on any atom is 0.241 e. The van der Waals surface area contributed by atoms with Gasteiger partial charge in [-0.2, -0.15) is 0 Å². The summed E-state index contributed by atoms with van der Waals surface area (Å²) in [4.78, 5) is 5.99. The Balaban J connectivity index is 1.72. The number of rotatable bonds is 6. The molecule has 1 aromatic heterocycles. The summed E-state index contributed by atoms with van der Waals surface area (Å²) >= 11 is 1.56. The zero-order valence-corrected chi connectivity index (χ0v) is 15.8. The average Bonchev–Trinajstić information content (AvgIpc) is 2.94. The Morgan fingerprint density at radius 2 is 1.68 bits per heavy atom. The van der Waals surface area contributed by atoms with Crippen molar-refractivity contribution < 1.29 is 8.42 Å². The molecule has 0 spiro atoms. The third-order valence-electron chi connectivity index (χ3n) is 3.94. The van der Waals surface area contributed by atoms with Crippen LogP contribution in [0, 0.1) is 13.8 Å². The van der Waals surface area contributed by atoms with E-state index in [1.807, 2.05) is 31.2 Å². The first kappa shape index (κ1) is 17.8. The molecule has 6 heteroatoms. The second-order valence-electron chi connectivity index (χ2n) is 5.87. The second-order valence-corrected chi connectivity index (χ2v) is 8.77. The van der Waals surface area contributed by atoms with Gasteiger partial charge in [-0.1, -0.05) is 48.5 Å². The Bertz CT molecular complexity index is 964. The molecule has 130 valence electrons. The fourth-order valence-corrected chi connectivity index (χ4v) is 4.97. The van der Waals surface area contributed by atoms with Gasteiger partial charge < -0.3 is 0 Å². The van der Waals surface area contributed by atoms with Crippen molar-refractivity contribution in [2.75, 3.05) is 0 Å². The first-order valence-corrected chi connectivity index (χ1v) is 10.3. The molecule has 0 aliphatic carbocycles. The van der Waals surface area contributed by atoms with Gasteiger partial charge in [-0.25, -0.2) is 18.1 Å². The average molecular weight is 373 g/mol. The van der Waals surface area contributed by atoms with Crippen LogP contribution in [0.2, 0.25) is 0 Å². The molecule has 0 aliphatic rings. The van der Waals surface area contributed by atoms with Crippen molar-refractivity contribution in [2.24, 2.45) is 0 Å². The van der Waals surface area contributed by atoms with Crippen LogP contribution in [-0.4, -0.2) is 13.4 Å². The molecule has 0 saturated carbocycles. The third kappa shape index (κ3) is 4.34. The third-order valence-corrected chi connectivity index (χ3v) is 6.66. The molecule has 0 unspecified atom stereocenters. The lowest BCUT2D eigenvalue weighted by molar-refractivity contribution is 0.580. The van der Waals surface area contributed by atoms with E-state index < -0.39 is 10.0 Å². The molecule has 3 aromatic rings. The molecule has 0 amide bonds. The molecule has 1 N–H and O–H groups in total. The molecule has 2 aromatic carbocycles. The van der Waals surface area contributed by atoms with Gasteiger partial charge in [0.25, 0.3) is 0 Å². The van der Waals surface area contributed by atoms with Gasteiger partial charge in [0, 0.05) is 11.3 Å². The summed E-state index contributed by atoms with van der Waals surface area (Å²) in [6.45, 7) is 3.96. The lowest BCUT2D eigenvalue weighted by Gasteiger charge is -2.07. The molecule has 3 rings (SSSR count). The number of sulfonamides is 1. The van der Waals surface area contributed by atoms with Crippen LogP contribution in [0.5, 0.6) is 0 Å². The summed E-state index contributed by atoms with van der Waals surface area (Å²) in [5.74, 6) is 0. The van der Waals surface area contributed by atoms with E-state index in [1.54, 1.807) is 36.5 Å². The standard InChI is InChI=1S/C19H20N2O2S2/c1-14-8-6-7-11-18(14)25(22,23)20-13-19-21-15(2)17(24-19)12-16-9-4-3-5-10-16/h3-11,20H,12-13H2,1-2H3. The van der Waals surface area contributed by atoms with Crippen LogP contribution >= 0.6 is 11.3 Å². The van der Waals surface area contributed by atoms with Crippen molar-refractivity contribution in [3.05, 3.63) is 81.3 Å². The number of hydrogen-bond donors (Lipinski definition) is 1. The van der Waals surface area contributed by atoms with Gasteiger partial charge in [0.1, 0.15) is 5.01 Å². The fraction of sp³-hybridized carbons (Fsp3) is 0.211. The van der Waals surface area contributed by atoms with Crippen LogP contribution in [0.1, 0.15) is 26.7 Å². The highest BCUT2D eigenvalue weighted by Crippen LogP contribution is 2.22. The van der Waals surface area contributed by atoms with Gasteiger partial charge in [0.2, 0.25) is 10.0 Å². The van der Waals surface area contributed by atoms with Crippen molar-refractivity contribution in [1.82, 2.24) is 9.71 Å². The number of nitrogens with zero attached hydrogens (tertiary/aromatic N) is 1. The molecule has 0 aliphatic heterocycles. The summed E-state index contributed by atoms with van der Waals surface area (Å²) in [7, 11) is -3.53. The Kier molecular flexibility index (Phi) is 5.32. The number of hydrogen-bond acceptors (Lipinski definition) is 4. The molecule has 4 nitrogen and oxygen atoms in total. The van der Waals surface area contributed by atoms with Crippen LogP contribution in [0.3, 0.4) is 0 Å². The maximum absolute atomic E-state index is 12.5. The van der Waals surface area contributed by atoms with E-state index in [4.69, 9.17) is 0 Å². The minimum absolute atomic E-state index is 0.205. The van der Waals surface area contributed by atoms with Gasteiger partial charge in [-0.15, -0.1) is 11.3 Å². The molecule has 0 radical (unpaired) electrons. The maximum atomic E-state index is 12.5. The predicted molar refractivity (Wildman–Crippen MR) is 101 cm³/mol. The van der Waals surface area contributed by atoms with Crippen molar-refractivity contribution >= 4 is 21.4 Å². The van der Waals surface area contributed by atoms with E-state index in [2.05, 4.69) is 21.8 Å². The summed E-state index contributed by atoms with van der Waals surface area (Å²) in [5, 5.41) is 0.778. The van der Waals surface area contributed by atoms with E-state index in [9.17, 15) is 8.42 Å². The van der Waals surface area contributed by atoms with Crippen LogP contribution in [0.15, 0.2) is 59.5 Å². The molecule has 0 fully saturated rings. The van der Waals surface area contributed by atoms with Crippen LogP contribution < -0.4 is 4.72 Å². The normalized spacial score (nSPS) is 11.6. The van der Waals surface area contributed by atoms with Gasteiger partial charge in [-0.05, 0) is 31.0 Å². The van der Waals surface area contributed by atoms with E-state index in [0.29, 0.717) is 4.90 Å². The Morgan fingerprint density at radius 3 is 2.40 bits per heavy atom. The lowest BCUT2D eigenvalue weighted by atomic mass is 10.1. The fourth-order valence-electron chi connectivity index (χ4n) is 2.60. The van der Waals surface area contributed by atoms with Crippen LogP contribution in [0.25, 0.3) is 0 Å². The van der Waals surface area contributed by atoms with Crippen molar-refractivity contribution in [3.8, 4) is 0 Å². The van der Waals surface area contributed by atoms with Crippen molar-refractivity contribution in [3.63, 3.8) is 0 Å². The first-order valence-electron chi connectivity index (χ1n) is 8.00. The minimum Gasteiger partial charge on any atom is -0.245 e. The zero-order valence-electron chi connectivity index (χ0n) is 14.2. The van der Waals surface area contributed by atoms with Gasteiger partial charge in [0.05, 0.1) is 17.1 Å². The zero-order chi connectivity index (χ0) is 17.9. The Labute approximate surface area is 152 Å². The monoisotopic (exact) mass is 372 g/mol. The number of aromatic nitrogens is 1. The molecule has 1 heterocycles. The van der Waals surface area contributed by atoms with E-state index in [-0.39, 0.29) is 6.54 Å². The summed E-state index contributed by atoms with van der Waals surface area (Å²) in [5.41, 5.74) is 2.91. The topological polar surface area (TPSA) is 59.1 Å². The Morgan fingerprint density at radius 1 is 1.00 bits per heavy atom. The van der Waals surface area contributed by atoms with Gasteiger partial charge in [0.15, 0.2) is 0 Å². The molecule has 0 saturated heterocycles. The minimum atomic E-state index is -3.53. The van der Waals surface area contributed by atoms with E-state index in [0.717, 1.165) is 27.6 Å². The second kappa shape index (κ2) is 7.47. The number of aryl methyl sites for hydroxylation is 2. The molecular formula is C19H20N2O2S2. The largest absolute Gasteiger partial charge is 0.245 e. The molecule has 0 atom stereocenters. The number of nitrogens with one attached hydrogen (secondary N) is 1. The highest BCUT2D eigenvalue weighted by molar-refractivity contribution is 7.89. The number of benzene rings is 2. The lowest BCUT2D eigenvalue weighted by Crippen LogP contribution is -2.23. The Hall–Kier alpha value is -2.02. The molecular weight excluding hydrogens is 352 g/mol. The highest BCUT2D eigenvalue weighted by Gasteiger charge is 2.17. The van der Waals surface area contributed by atoms with Gasteiger partial charge >= 0.3 is 0 Å². The first-order chi connectivity index (χ1) is 12.0. The molecule has 25 heavy (non-hydrogen) atoms. The van der Waals surface area contributed by atoms with Crippen LogP contribution in [-0.2, 0) is 23.0 Å². The quantitative estimate of drug-likeness (QED) is 0.715. The SMILES string of the molecule is Cc1ccccc1S(=O)(=O)NCc1nc(C)c(Cc2ccccc2)s1. The van der Waals surface area contributed by atoms with Crippen molar-refractivity contribution in [1.29, 1.82) is 0 Å². The highest BCUT2D eigenvalue weighted by atomic mass is 32.2. The smallest absolute Gasteiger partial charge is 0.241 e. The molecule has 0 bridgehead atoms. The van der Waals surface area contributed by atoms with E-state index >= 15 is 0 Å². The summed E-state index contributed by atoms with van der Waals surface area (Å²) in [6, 6.07) is 17.2. The van der Waals surface area contributed by atoms with Gasteiger partial charge in [-0.3, -0.25) is 0 Å².